The number of hydrogen-bond donors (Lipinski definition) is 2. The molecule has 3 rings (SSSR count). The van der Waals surface area contributed by atoms with Gasteiger partial charge in [-0.3, -0.25) is 19.3 Å². The molecule has 2 aliphatic heterocycles. The van der Waals surface area contributed by atoms with E-state index in [9.17, 15) is 24.3 Å². The topological polar surface area (TPSA) is 113 Å². The fourth-order valence-corrected chi connectivity index (χ4v) is 3.52. The van der Waals surface area contributed by atoms with Crippen molar-refractivity contribution in [2.45, 2.75) is 45.3 Å². The van der Waals surface area contributed by atoms with E-state index in [1.165, 1.54) is 18.2 Å². The molecule has 2 aliphatic rings. The zero-order chi connectivity index (χ0) is 20.4. The van der Waals surface area contributed by atoms with Crippen molar-refractivity contribution in [3.8, 4) is 0 Å². The van der Waals surface area contributed by atoms with Crippen LogP contribution in [0.15, 0.2) is 18.2 Å². The fraction of sp³-hybridized carbons (Fsp3) is 0.500. The Bertz CT molecular complexity index is 813. The molecule has 2 heterocycles. The van der Waals surface area contributed by atoms with E-state index in [1.807, 2.05) is 13.8 Å². The molecule has 3 amide bonds. The molecule has 8 nitrogen and oxygen atoms in total. The Balaban J connectivity index is 1.76. The van der Waals surface area contributed by atoms with E-state index >= 15 is 0 Å². The number of hydrogen-bond acceptors (Lipinski definition) is 5. The Kier molecular flexibility index (Phi) is 5.79. The minimum Gasteiger partial charge on any atom is -0.480 e. The minimum absolute atomic E-state index is 0.0898. The SMILES string of the molecule is CC(C)CC(NC(=O)c1ccc2c(c1)C(=O)N(CC1CCCO1)C2=O)C(=O)O. The molecule has 0 radical (unpaired) electrons. The second-order valence-corrected chi connectivity index (χ2v) is 7.61. The summed E-state index contributed by atoms with van der Waals surface area (Å²) in [4.78, 5) is 50.2. The van der Waals surface area contributed by atoms with E-state index in [0.717, 1.165) is 17.7 Å². The van der Waals surface area contributed by atoms with Crippen molar-refractivity contribution >= 4 is 23.7 Å². The molecule has 1 aromatic rings. The van der Waals surface area contributed by atoms with Crippen molar-refractivity contribution in [1.82, 2.24) is 10.2 Å². The quantitative estimate of drug-likeness (QED) is 0.688. The van der Waals surface area contributed by atoms with E-state index in [-0.39, 0.29) is 35.3 Å². The average Bonchev–Trinajstić information content (AvgIpc) is 3.23. The first-order valence-corrected chi connectivity index (χ1v) is 9.43. The number of carbonyl (C=O) groups is 4. The summed E-state index contributed by atoms with van der Waals surface area (Å²) < 4.78 is 5.50. The van der Waals surface area contributed by atoms with Crippen LogP contribution in [0.1, 0.15) is 64.2 Å². The van der Waals surface area contributed by atoms with Crippen molar-refractivity contribution in [2.24, 2.45) is 5.92 Å². The third-order valence-electron chi connectivity index (χ3n) is 4.95. The molecule has 0 bridgehead atoms. The lowest BCUT2D eigenvalue weighted by Gasteiger charge is -2.18. The molecular formula is C20H24N2O6. The van der Waals surface area contributed by atoms with Crippen LogP contribution in [-0.2, 0) is 9.53 Å². The number of amides is 3. The van der Waals surface area contributed by atoms with Crippen LogP contribution in [0.3, 0.4) is 0 Å². The molecule has 2 N–H and O–H groups in total. The van der Waals surface area contributed by atoms with Gasteiger partial charge in [-0.2, -0.15) is 0 Å². The number of carboxylic acid groups (broad SMARTS) is 1. The van der Waals surface area contributed by atoms with Gasteiger partial charge < -0.3 is 15.2 Å². The highest BCUT2D eigenvalue weighted by molar-refractivity contribution is 6.22. The van der Waals surface area contributed by atoms with Gasteiger partial charge in [-0.15, -0.1) is 0 Å². The predicted molar refractivity (Wildman–Crippen MR) is 99.1 cm³/mol. The summed E-state index contributed by atoms with van der Waals surface area (Å²) in [5.74, 6) is -2.47. The number of rotatable bonds is 7. The van der Waals surface area contributed by atoms with Crippen LogP contribution < -0.4 is 5.32 Å². The molecule has 0 aliphatic carbocycles. The zero-order valence-corrected chi connectivity index (χ0v) is 15.9. The van der Waals surface area contributed by atoms with E-state index in [0.29, 0.717) is 13.0 Å². The monoisotopic (exact) mass is 388 g/mol. The second kappa shape index (κ2) is 8.10. The normalized spacial score (nSPS) is 19.8. The maximum atomic E-state index is 12.7. The third kappa shape index (κ3) is 4.06. The molecule has 1 aromatic carbocycles. The maximum absolute atomic E-state index is 12.7. The highest BCUT2D eigenvalue weighted by Gasteiger charge is 2.38. The highest BCUT2D eigenvalue weighted by Crippen LogP contribution is 2.26. The molecule has 0 spiro atoms. The van der Waals surface area contributed by atoms with Crippen molar-refractivity contribution in [1.29, 1.82) is 0 Å². The third-order valence-corrected chi connectivity index (χ3v) is 4.95. The molecule has 8 heteroatoms. The van der Waals surface area contributed by atoms with Crippen LogP contribution in [0.4, 0.5) is 0 Å². The molecule has 2 atom stereocenters. The largest absolute Gasteiger partial charge is 0.480 e. The Hall–Kier alpha value is -2.74. The standard InChI is InChI=1S/C20H24N2O6/c1-11(2)8-16(20(26)27)21-17(23)12-5-6-14-15(9-12)19(25)22(18(14)24)10-13-4-3-7-28-13/h5-6,9,11,13,16H,3-4,7-8,10H2,1-2H3,(H,21,23)(H,26,27). The maximum Gasteiger partial charge on any atom is 0.326 e. The first-order chi connectivity index (χ1) is 13.3. The molecule has 1 saturated heterocycles. The average molecular weight is 388 g/mol. The Morgan fingerprint density at radius 1 is 1.25 bits per heavy atom. The molecule has 0 aromatic heterocycles. The summed E-state index contributed by atoms with van der Waals surface area (Å²) in [5, 5.41) is 11.8. The molecule has 1 fully saturated rings. The number of benzene rings is 1. The van der Waals surface area contributed by atoms with Gasteiger partial charge >= 0.3 is 5.97 Å². The van der Waals surface area contributed by atoms with Gasteiger partial charge in [0.15, 0.2) is 0 Å². The predicted octanol–water partition coefficient (Wildman–Crippen LogP) is 1.69. The molecule has 0 saturated carbocycles. The summed E-state index contributed by atoms with van der Waals surface area (Å²) in [6.07, 6.45) is 1.84. The zero-order valence-electron chi connectivity index (χ0n) is 15.9. The first kappa shape index (κ1) is 20.0. The lowest BCUT2D eigenvalue weighted by molar-refractivity contribution is -0.139. The molecule has 2 unspecified atom stereocenters. The molecular weight excluding hydrogens is 364 g/mol. The van der Waals surface area contributed by atoms with Crippen molar-refractivity contribution < 1.29 is 29.0 Å². The van der Waals surface area contributed by atoms with Gasteiger partial charge in [-0.05, 0) is 43.4 Å². The van der Waals surface area contributed by atoms with Gasteiger partial charge in [0.2, 0.25) is 0 Å². The summed E-state index contributed by atoms with van der Waals surface area (Å²) in [6.45, 7) is 4.55. The number of imide groups is 1. The van der Waals surface area contributed by atoms with Gasteiger partial charge in [-0.25, -0.2) is 4.79 Å². The second-order valence-electron chi connectivity index (χ2n) is 7.61. The summed E-state index contributed by atoms with van der Waals surface area (Å²) in [7, 11) is 0. The number of nitrogens with zero attached hydrogens (tertiary/aromatic N) is 1. The van der Waals surface area contributed by atoms with Gasteiger partial charge in [0.1, 0.15) is 6.04 Å². The Labute approximate surface area is 162 Å². The molecule has 150 valence electrons. The highest BCUT2D eigenvalue weighted by atomic mass is 16.5. The summed E-state index contributed by atoms with van der Waals surface area (Å²) in [6, 6.07) is 3.21. The van der Waals surface area contributed by atoms with Crippen molar-refractivity contribution in [2.75, 3.05) is 13.2 Å². The van der Waals surface area contributed by atoms with Gasteiger partial charge in [0.05, 0.1) is 23.8 Å². The van der Waals surface area contributed by atoms with Gasteiger partial charge in [0.25, 0.3) is 17.7 Å². The number of nitrogens with one attached hydrogen (secondary N) is 1. The van der Waals surface area contributed by atoms with E-state index < -0.39 is 29.7 Å². The van der Waals surface area contributed by atoms with Crippen LogP contribution >= 0.6 is 0 Å². The molecule has 28 heavy (non-hydrogen) atoms. The number of ether oxygens (including phenoxy) is 1. The smallest absolute Gasteiger partial charge is 0.326 e. The van der Waals surface area contributed by atoms with Crippen molar-refractivity contribution in [3.05, 3.63) is 34.9 Å². The summed E-state index contributed by atoms with van der Waals surface area (Å²) in [5.41, 5.74) is 0.553. The minimum atomic E-state index is -1.11. The van der Waals surface area contributed by atoms with Crippen LogP contribution in [-0.4, -0.2) is 59.0 Å². The Morgan fingerprint density at radius 3 is 2.57 bits per heavy atom. The van der Waals surface area contributed by atoms with E-state index in [2.05, 4.69) is 5.32 Å². The van der Waals surface area contributed by atoms with Crippen LogP contribution in [0.25, 0.3) is 0 Å². The first-order valence-electron chi connectivity index (χ1n) is 9.43. The van der Waals surface area contributed by atoms with Gasteiger partial charge in [0, 0.05) is 12.2 Å². The number of fused-ring (bicyclic) bond motifs is 1. The van der Waals surface area contributed by atoms with Crippen LogP contribution in [0.2, 0.25) is 0 Å². The number of carbonyl (C=O) groups excluding carboxylic acids is 3. The van der Waals surface area contributed by atoms with Crippen molar-refractivity contribution in [3.63, 3.8) is 0 Å². The van der Waals surface area contributed by atoms with Crippen LogP contribution in [0, 0.1) is 5.92 Å². The Morgan fingerprint density at radius 2 is 1.96 bits per heavy atom. The number of aliphatic carboxylic acids is 1. The number of carboxylic acids is 1. The van der Waals surface area contributed by atoms with Crippen LogP contribution in [0.5, 0.6) is 0 Å². The van der Waals surface area contributed by atoms with Gasteiger partial charge in [-0.1, -0.05) is 13.8 Å². The fourth-order valence-electron chi connectivity index (χ4n) is 3.52. The lowest BCUT2D eigenvalue weighted by atomic mass is 10.0. The lowest BCUT2D eigenvalue weighted by Crippen LogP contribution is -2.41. The van der Waals surface area contributed by atoms with E-state index in [4.69, 9.17) is 4.74 Å². The summed E-state index contributed by atoms with van der Waals surface area (Å²) >= 11 is 0. The van der Waals surface area contributed by atoms with E-state index in [1.54, 1.807) is 0 Å².